The van der Waals surface area contributed by atoms with Crippen molar-refractivity contribution in [2.75, 3.05) is 17.2 Å². The van der Waals surface area contributed by atoms with Crippen molar-refractivity contribution in [3.63, 3.8) is 0 Å². The van der Waals surface area contributed by atoms with Crippen LogP contribution in [0.4, 0.5) is 16.3 Å². The molecule has 1 aliphatic heterocycles. The third-order valence-corrected chi connectivity index (χ3v) is 4.35. The highest BCUT2D eigenvalue weighted by atomic mass is 16.5. The molecule has 1 unspecified atom stereocenters. The predicted molar refractivity (Wildman–Crippen MR) is 95.2 cm³/mol. The number of para-hydroxylation sites is 1. The summed E-state index contributed by atoms with van der Waals surface area (Å²) in [6, 6.07) is 12.3. The van der Waals surface area contributed by atoms with Crippen molar-refractivity contribution in [1.82, 2.24) is 10.5 Å². The van der Waals surface area contributed by atoms with Crippen molar-refractivity contribution in [3.05, 3.63) is 53.6 Å². The summed E-state index contributed by atoms with van der Waals surface area (Å²) in [5.74, 6) is 0.00726. The first kappa shape index (κ1) is 16.1. The molecule has 0 saturated heterocycles. The van der Waals surface area contributed by atoms with E-state index >= 15 is 0 Å². The van der Waals surface area contributed by atoms with Crippen LogP contribution >= 0.6 is 0 Å². The Bertz CT molecular complexity index is 998. The van der Waals surface area contributed by atoms with Gasteiger partial charge in [0, 0.05) is 6.54 Å². The molecule has 0 bridgehead atoms. The zero-order valence-electron chi connectivity index (χ0n) is 13.7. The smallest absolute Gasteiger partial charge is 0.409 e. The molecule has 1 aromatic heterocycles. The highest BCUT2D eigenvalue weighted by molar-refractivity contribution is 6.05. The van der Waals surface area contributed by atoms with E-state index in [1.165, 1.54) is 0 Å². The van der Waals surface area contributed by atoms with Crippen molar-refractivity contribution < 1.29 is 19.2 Å². The number of benzene rings is 2. The van der Waals surface area contributed by atoms with Crippen LogP contribution in [0.25, 0.3) is 11.0 Å². The standard InChI is InChI=1S/C18H16N4O4/c23-17(14-11-5-2-1-4-10(11)8-9-19-14)21-16-12-6-3-7-13(20-18(24)25)15(12)26-22-16/h1-7,14,19-20H,8-9H2,(H,24,25)(H,21,22,23). The first-order valence-corrected chi connectivity index (χ1v) is 8.14. The summed E-state index contributed by atoms with van der Waals surface area (Å²) in [6.07, 6.45) is -0.334. The Morgan fingerprint density at radius 1 is 1.15 bits per heavy atom. The van der Waals surface area contributed by atoms with Crippen LogP contribution in [0.15, 0.2) is 47.0 Å². The Morgan fingerprint density at radius 3 is 2.85 bits per heavy atom. The predicted octanol–water partition coefficient (Wildman–Crippen LogP) is 2.74. The highest BCUT2D eigenvalue weighted by Gasteiger charge is 2.27. The molecular weight excluding hydrogens is 336 g/mol. The van der Waals surface area contributed by atoms with Gasteiger partial charge < -0.3 is 20.3 Å². The molecule has 2 heterocycles. The molecule has 0 radical (unpaired) electrons. The lowest BCUT2D eigenvalue weighted by Gasteiger charge is -2.25. The van der Waals surface area contributed by atoms with Crippen LogP contribution in [0.2, 0.25) is 0 Å². The Balaban J connectivity index is 1.62. The molecule has 0 aliphatic carbocycles. The van der Waals surface area contributed by atoms with Crippen LogP contribution in [-0.4, -0.2) is 28.8 Å². The Hall–Kier alpha value is -3.39. The van der Waals surface area contributed by atoms with Crippen LogP contribution in [0, 0.1) is 0 Å². The number of aromatic nitrogens is 1. The van der Waals surface area contributed by atoms with Gasteiger partial charge in [0.2, 0.25) is 5.91 Å². The zero-order valence-corrected chi connectivity index (χ0v) is 13.7. The van der Waals surface area contributed by atoms with Crippen molar-refractivity contribution in [1.29, 1.82) is 0 Å². The van der Waals surface area contributed by atoms with Gasteiger partial charge in [0.05, 0.1) is 11.1 Å². The average Bonchev–Trinajstić information content (AvgIpc) is 3.05. The average molecular weight is 352 g/mol. The number of anilines is 2. The molecular formula is C18H16N4O4. The Labute approximate surface area is 148 Å². The number of amides is 2. The summed E-state index contributed by atoms with van der Waals surface area (Å²) in [5, 5.41) is 21.5. The van der Waals surface area contributed by atoms with E-state index in [9.17, 15) is 9.59 Å². The van der Waals surface area contributed by atoms with Crippen LogP contribution in [0.3, 0.4) is 0 Å². The molecule has 8 nitrogen and oxygen atoms in total. The second-order valence-electron chi connectivity index (χ2n) is 5.97. The molecule has 2 aromatic carbocycles. The van der Waals surface area contributed by atoms with Crippen LogP contribution < -0.4 is 16.0 Å². The summed E-state index contributed by atoms with van der Waals surface area (Å²) in [6.45, 7) is 0.710. The quantitative estimate of drug-likeness (QED) is 0.576. The van der Waals surface area contributed by atoms with Crippen LogP contribution in [0.5, 0.6) is 0 Å². The fourth-order valence-corrected chi connectivity index (χ4v) is 3.19. The van der Waals surface area contributed by atoms with Gasteiger partial charge in [0.15, 0.2) is 11.4 Å². The fourth-order valence-electron chi connectivity index (χ4n) is 3.19. The zero-order chi connectivity index (χ0) is 18.1. The molecule has 1 aliphatic rings. The molecule has 2 amide bonds. The van der Waals surface area contributed by atoms with E-state index in [0.29, 0.717) is 11.9 Å². The topological polar surface area (TPSA) is 116 Å². The second-order valence-corrected chi connectivity index (χ2v) is 5.97. The van der Waals surface area contributed by atoms with Gasteiger partial charge in [-0.25, -0.2) is 4.79 Å². The Kier molecular flexibility index (Phi) is 4.02. The van der Waals surface area contributed by atoms with Gasteiger partial charge in [-0.2, -0.15) is 0 Å². The summed E-state index contributed by atoms with van der Waals surface area (Å²) >= 11 is 0. The highest BCUT2D eigenvalue weighted by Crippen LogP contribution is 2.30. The van der Waals surface area contributed by atoms with Crippen LogP contribution in [0.1, 0.15) is 17.2 Å². The lowest BCUT2D eigenvalue weighted by Crippen LogP contribution is -2.38. The minimum atomic E-state index is -1.21. The van der Waals surface area contributed by atoms with E-state index in [2.05, 4.69) is 21.1 Å². The summed E-state index contributed by atoms with van der Waals surface area (Å²) in [4.78, 5) is 23.6. The molecule has 26 heavy (non-hydrogen) atoms. The molecule has 0 saturated carbocycles. The van der Waals surface area contributed by atoms with Gasteiger partial charge in [-0.1, -0.05) is 35.5 Å². The molecule has 4 N–H and O–H groups in total. The van der Waals surface area contributed by atoms with Crippen molar-refractivity contribution in [3.8, 4) is 0 Å². The summed E-state index contributed by atoms with van der Waals surface area (Å²) in [7, 11) is 0. The third-order valence-electron chi connectivity index (χ3n) is 4.35. The normalized spacial score (nSPS) is 16.1. The van der Waals surface area contributed by atoms with Gasteiger partial charge in [-0.05, 0) is 29.7 Å². The number of fused-ring (bicyclic) bond motifs is 2. The number of carboxylic acid groups (broad SMARTS) is 1. The maximum Gasteiger partial charge on any atom is 0.409 e. The SMILES string of the molecule is O=C(O)Nc1cccc2c(NC(=O)C3NCCc4ccccc43)noc12. The maximum absolute atomic E-state index is 12.8. The van der Waals surface area contributed by atoms with Crippen molar-refractivity contribution >= 4 is 34.5 Å². The largest absolute Gasteiger partial charge is 0.465 e. The van der Waals surface area contributed by atoms with E-state index in [1.54, 1.807) is 18.2 Å². The minimum absolute atomic E-state index is 0.246. The molecule has 0 spiro atoms. The molecule has 0 fully saturated rings. The van der Waals surface area contributed by atoms with E-state index in [-0.39, 0.29) is 23.0 Å². The number of rotatable bonds is 3. The van der Waals surface area contributed by atoms with E-state index in [0.717, 1.165) is 17.5 Å². The molecule has 132 valence electrons. The summed E-state index contributed by atoms with van der Waals surface area (Å²) in [5.41, 5.74) is 2.62. The van der Waals surface area contributed by atoms with E-state index in [4.69, 9.17) is 9.63 Å². The third kappa shape index (κ3) is 2.86. The molecule has 4 rings (SSSR count). The number of carbonyl (C=O) groups is 2. The first-order chi connectivity index (χ1) is 12.6. The van der Waals surface area contributed by atoms with Gasteiger partial charge >= 0.3 is 6.09 Å². The maximum atomic E-state index is 12.8. The van der Waals surface area contributed by atoms with Gasteiger partial charge in [0.25, 0.3) is 0 Å². The van der Waals surface area contributed by atoms with Crippen LogP contribution in [-0.2, 0) is 11.2 Å². The number of nitrogens with one attached hydrogen (secondary N) is 3. The van der Waals surface area contributed by atoms with E-state index in [1.807, 2.05) is 24.3 Å². The fraction of sp³-hybridized carbons (Fsp3) is 0.167. The van der Waals surface area contributed by atoms with Crippen molar-refractivity contribution in [2.24, 2.45) is 0 Å². The van der Waals surface area contributed by atoms with Gasteiger partial charge in [-0.3, -0.25) is 10.1 Å². The van der Waals surface area contributed by atoms with E-state index < -0.39 is 12.1 Å². The number of hydrogen-bond acceptors (Lipinski definition) is 5. The lowest BCUT2D eigenvalue weighted by atomic mass is 9.94. The monoisotopic (exact) mass is 352 g/mol. The molecule has 8 heteroatoms. The lowest BCUT2D eigenvalue weighted by molar-refractivity contribution is -0.118. The number of hydrogen-bond donors (Lipinski definition) is 4. The minimum Gasteiger partial charge on any atom is -0.465 e. The molecule has 3 aromatic rings. The Morgan fingerprint density at radius 2 is 2.00 bits per heavy atom. The van der Waals surface area contributed by atoms with Gasteiger partial charge in [-0.15, -0.1) is 0 Å². The first-order valence-electron chi connectivity index (χ1n) is 8.14. The number of carbonyl (C=O) groups excluding carboxylic acids is 1. The summed E-state index contributed by atoms with van der Waals surface area (Å²) < 4.78 is 5.23. The number of nitrogens with zero attached hydrogens (tertiary/aromatic N) is 1. The van der Waals surface area contributed by atoms with Crippen molar-refractivity contribution in [2.45, 2.75) is 12.5 Å². The second kappa shape index (κ2) is 6.49. The van der Waals surface area contributed by atoms with Gasteiger partial charge in [0.1, 0.15) is 6.04 Å². The molecule has 1 atom stereocenters.